The molecule has 1 heterocycles. The highest BCUT2D eigenvalue weighted by Crippen LogP contribution is 2.33. The van der Waals surface area contributed by atoms with Gasteiger partial charge in [-0.1, -0.05) is 35.4 Å². The Labute approximate surface area is 221 Å². The minimum atomic E-state index is -3.85. The molecule has 0 saturated carbocycles. The third kappa shape index (κ3) is 6.13. The Bertz CT molecular complexity index is 1490. The van der Waals surface area contributed by atoms with E-state index in [1.54, 1.807) is 24.3 Å². The molecule has 0 radical (unpaired) electrons. The largest absolute Gasteiger partial charge is 0.379 e. The lowest BCUT2D eigenvalue weighted by molar-refractivity contribution is -0.114. The molecule has 37 heavy (non-hydrogen) atoms. The van der Waals surface area contributed by atoms with Gasteiger partial charge in [-0.05, 0) is 55.5 Å². The Balaban J connectivity index is 1.40. The van der Waals surface area contributed by atoms with Crippen LogP contribution in [-0.4, -0.2) is 59.9 Å². The number of morpholine rings is 1. The fraction of sp³-hybridized carbons (Fsp3) is 0.240. The zero-order valence-corrected chi connectivity index (χ0v) is 22.4. The second-order valence-electron chi connectivity index (χ2n) is 8.38. The summed E-state index contributed by atoms with van der Waals surface area (Å²) in [4.78, 5) is 12.7. The predicted octanol–water partition coefficient (Wildman–Crippen LogP) is 3.55. The maximum Gasteiger partial charge on any atom is 0.243 e. The summed E-state index contributed by atoms with van der Waals surface area (Å²) in [6, 6.07) is 16.9. The predicted molar refractivity (Wildman–Crippen MR) is 141 cm³/mol. The Hall–Kier alpha value is -2.96. The standard InChI is InChI=1S/C25H26ClN3O6S2/c1-18-5-9-20(10-6-18)36(31,32)23-4-2-3-22(25(23)26)27-17-24(30)28-19-7-11-21(12-8-19)37(33,34)29-13-15-35-16-14-29/h2-12,27H,13-17H2,1H3,(H,28,30). The number of nitrogens with one attached hydrogen (secondary N) is 2. The van der Waals surface area contributed by atoms with E-state index in [0.29, 0.717) is 32.0 Å². The van der Waals surface area contributed by atoms with Gasteiger partial charge in [-0.3, -0.25) is 4.79 Å². The molecule has 1 aliphatic heterocycles. The van der Waals surface area contributed by atoms with Crippen molar-refractivity contribution in [3.05, 3.63) is 77.3 Å². The first kappa shape index (κ1) is 27.1. The molecule has 9 nitrogen and oxygen atoms in total. The number of hydrogen-bond acceptors (Lipinski definition) is 7. The quantitative estimate of drug-likeness (QED) is 0.430. The molecule has 0 atom stereocenters. The van der Waals surface area contributed by atoms with Crippen LogP contribution in [-0.2, 0) is 29.4 Å². The minimum Gasteiger partial charge on any atom is -0.379 e. The average Bonchev–Trinajstić information content (AvgIpc) is 2.89. The molecule has 196 valence electrons. The van der Waals surface area contributed by atoms with Crippen LogP contribution in [0.25, 0.3) is 0 Å². The lowest BCUT2D eigenvalue weighted by Crippen LogP contribution is -2.40. The molecule has 1 saturated heterocycles. The van der Waals surface area contributed by atoms with E-state index < -0.39 is 25.8 Å². The van der Waals surface area contributed by atoms with Gasteiger partial charge in [0.15, 0.2) is 0 Å². The van der Waals surface area contributed by atoms with E-state index in [0.717, 1.165) is 5.56 Å². The zero-order chi connectivity index (χ0) is 26.6. The van der Waals surface area contributed by atoms with Gasteiger partial charge in [0, 0.05) is 18.8 Å². The van der Waals surface area contributed by atoms with Gasteiger partial charge in [-0.2, -0.15) is 4.31 Å². The van der Waals surface area contributed by atoms with Crippen LogP contribution in [0.15, 0.2) is 81.4 Å². The molecule has 2 N–H and O–H groups in total. The van der Waals surface area contributed by atoms with Crippen molar-refractivity contribution < 1.29 is 26.4 Å². The number of carbonyl (C=O) groups excluding carboxylic acids is 1. The molecule has 0 aliphatic carbocycles. The first-order valence-electron chi connectivity index (χ1n) is 11.4. The lowest BCUT2D eigenvalue weighted by atomic mass is 10.2. The molecule has 0 unspecified atom stereocenters. The number of nitrogens with zero attached hydrogens (tertiary/aromatic N) is 1. The van der Waals surface area contributed by atoms with Crippen LogP contribution in [0.2, 0.25) is 5.02 Å². The number of sulfone groups is 1. The summed E-state index contributed by atoms with van der Waals surface area (Å²) in [7, 11) is -7.48. The number of ether oxygens (including phenoxy) is 1. The van der Waals surface area contributed by atoms with Crippen LogP contribution >= 0.6 is 11.6 Å². The van der Waals surface area contributed by atoms with Gasteiger partial charge in [0.25, 0.3) is 0 Å². The van der Waals surface area contributed by atoms with E-state index in [2.05, 4.69) is 10.6 Å². The third-order valence-electron chi connectivity index (χ3n) is 5.77. The molecular weight excluding hydrogens is 538 g/mol. The number of rotatable bonds is 8. The SMILES string of the molecule is Cc1ccc(S(=O)(=O)c2cccc(NCC(=O)Nc3ccc(S(=O)(=O)N4CCOCC4)cc3)c2Cl)cc1. The highest BCUT2D eigenvalue weighted by atomic mass is 35.5. The van der Waals surface area contributed by atoms with Crippen LogP contribution in [0.5, 0.6) is 0 Å². The first-order chi connectivity index (χ1) is 17.6. The number of halogens is 1. The van der Waals surface area contributed by atoms with Gasteiger partial charge < -0.3 is 15.4 Å². The highest BCUT2D eigenvalue weighted by molar-refractivity contribution is 7.91. The summed E-state index contributed by atoms with van der Waals surface area (Å²) in [5, 5.41) is 5.52. The zero-order valence-electron chi connectivity index (χ0n) is 20.0. The van der Waals surface area contributed by atoms with Crippen LogP contribution in [0.4, 0.5) is 11.4 Å². The average molecular weight is 564 g/mol. The maximum absolute atomic E-state index is 13.1. The second kappa shape index (κ2) is 11.2. The van der Waals surface area contributed by atoms with Crippen LogP contribution < -0.4 is 10.6 Å². The molecule has 1 amide bonds. The van der Waals surface area contributed by atoms with Gasteiger partial charge >= 0.3 is 0 Å². The normalized spacial score (nSPS) is 14.8. The third-order valence-corrected chi connectivity index (χ3v) is 10.0. The maximum atomic E-state index is 13.1. The number of aryl methyl sites for hydroxylation is 1. The second-order valence-corrected chi connectivity index (χ2v) is 12.6. The molecule has 0 aromatic heterocycles. The van der Waals surface area contributed by atoms with Gasteiger partial charge in [-0.15, -0.1) is 0 Å². The van der Waals surface area contributed by atoms with E-state index in [1.165, 1.54) is 46.8 Å². The molecule has 12 heteroatoms. The summed E-state index contributed by atoms with van der Waals surface area (Å²) in [5.41, 5.74) is 1.63. The summed E-state index contributed by atoms with van der Waals surface area (Å²) in [6.45, 7) is 2.96. The summed E-state index contributed by atoms with van der Waals surface area (Å²) < 4.78 is 58.1. The van der Waals surface area contributed by atoms with Gasteiger partial charge in [0.2, 0.25) is 25.8 Å². The van der Waals surface area contributed by atoms with E-state index in [9.17, 15) is 21.6 Å². The molecule has 4 rings (SSSR count). The number of benzene rings is 3. The van der Waals surface area contributed by atoms with Crippen molar-refractivity contribution in [2.75, 3.05) is 43.5 Å². The van der Waals surface area contributed by atoms with E-state index >= 15 is 0 Å². The Morgan fingerprint density at radius 3 is 2.19 bits per heavy atom. The van der Waals surface area contributed by atoms with Crippen molar-refractivity contribution in [2.24, 2.45) is 0 Å². The fourth-order valence-corrected chi connectivity index (χ4v) is 6.98. The van der Waals surface area contributed by atoms with Gasteiger partial charge in [0.1, 0.15) is 0 Å². The van der Waals surface area contributed by atoms with Crippen LogP contribution in [0, 0.1) is 6.92 Å². The van der Waals surface area contributed by atoms with Crippen molar-refractivity contribution in [1.29, 1.82) is 0 Å². The van der Waals surface area contributed by atoms with Gasteiger partial charge in [0.05, 0.1) is 45.2 Å². The number of sulfonamides is 1. The molecule has 1 fully saturated rings. The lowest BCUT2D eigenvalue weighted by Gasteiger charge is -2.26. The van der Waals surface area contributed by atoms with E-state index in [4.69, 9.17) is 16.3 Å². The summed E-state index contributed by atoms with van der Waals surface area (Å²) in [5.74, 6) is -0.424. The summed E-state index contributed by atoms with van der Waals surface area (Å²) >= 11 is 6.40. The fourth-order valence-electron chi connectivity index (χ4n) is 3.73. The van der Waals surface area contributed by atoms with Crippen molar-refractivity contribution in [3.8, 4) is 0 Å². The number of anilines is 2. The Morgan fingerprint density at radius 1 is 0.919 bits per heavy atom. The molecular formula is C25H26ClN3O6S2. The topological polar surface area (TPSA) is 122 Å². The monoisotopic (exact) mass is 563 g/mol. The van der Waals surface area contributed by atoms with E-state index in [-0.39, 0.29) is 31.9 Å². The Morgan fingerprint density at radius 2 is 1.54 bits per heavy atom. The molecule has 3 aromatic carbocycles. The van der Waals surface area contributed by atoms with Crippen LogP contribution in [0.1, 0.15) is 5.56 Å². The smallest absolute Gasteiger partial charge is 0.243 e. The number of carbonyl (C=O) groups is 1. The Kier molecular flexibility index (Phi) is 8.20. The molecule has 0 spiro atoms. The molecule has 0 bridgehead atoms. The summed E-state index contributed by atoms with van der Waals surface area (Å²) in [6.07, 6.45) is 0. The minimum absolute atomic E-state index is 0.0199. The van der Waals surface area contributed by atoms with E-state index in [1.807, 2.05) is 6.92 Å². The molecule has 3 aromatic rings. The molecule has 1 aliphatic rings. The van der Waals surface area contributed by atoms with Crippen molar-refractivity contribution >= 4 is 48.7 Å². The van der Waals surface area contributed by atoms with Crippen molar-refractivity contribution in [2.45, 2.75) is 21.6 Å². The van der Waals surface area contributed by atoms with Gasteiger partial charge in [-0.25, -0.2) is 16.8 Å². The first-order valence-corrected chi connectivity index (χ1v) is 14.7. The van der Waals surface area contributed by atoms with Crippen molar-refractivity contribution in [3.63, 3.8) is 0 Å². The number of hydrogen-bond donors (Lipinski definition) is 2. The number of amides is 1. The highest BCUT2D eigenvalue weighted by Gasteiger charge is 2.26. The van der Waals surface area contributed by atoms with Crippen LogP contribution in [0.3, 0.4) is 0 Å². The van der Waals surface area contributed by atoms with Crippen molar-refractivity contribution in [1.82, 2.24) is 4.31 Å².